The van der Waals surface area contributed by atoms with E-state index in [1.807, 2.05) is 17.5 Å². The van der Waals surface area contributed by atoms with Gasteiger partial charge in [-0.15, -0.1) is 11.3 Å². The first-order valence-electron chi connectivity index (χ1n) is 5.90. The first-order chi connectivity index (χ1) is 9.08. The fourth-order valence-corrected chi connectivity index (χ4v) is 2.66. The third-order valence-electron chi connectivity index (χ3n) is 3.01. The molecule has 0 radical (unpaired) electrons. The molecule has 1 saturated heterocycles. The van der Waals surface area contributed by atoms with Crippen molar-refractivity contribution >= 4 is 29.1 Å². The van der Waals surface area contributed by atoms with E-state index >= 15 is 0 Å². The number of carboxylic acids is 1. The lowest BCUT2D eigenvalue weighted by molar-refractivity contribution is -0.157. The van der Waals surface area contributed by atoms with E-state index in [1.165, 1.54) is 16.2 Å². The van der Waals surface area contributed by atoms with Gasteiger partial charge in [0.25, 0.3) is 0 Å². The normalized spacial score (nSPS) is 15.4. The van der Waals surface area contributed by atoms with Crippen molar-refractivity contribution in [1.82, 2.24) is 9.80 Å². The molecule has 0 spiro atoms. The van der Waals surface area contributed by atoms with Crippen LogP contribution in [0.3, 0.4) is 0 Å². The van der Waals surface area contributed by atoms with E-state index in [9.17, 15) is 14.4 Å². The highest BCUT2D eigenvalue weighted by Gasteiger charge is 2.27. The van der Waals surface area contributed by atoms with Gasteiger partial charge in [-0.1, -0.05) is 6.07 Å². The maximum absolute atomic E-state index is 12.0. The van der Waals surface area contributed by atoms with Crippen LogP contribution >= 0.6 is 11.3 Å². The maximum Gasteiger partial charge on any atom is 0.394 e. The second-order valence-electron chi connectivity index (χ2n) is 4.23. The first-order valence-corrected chi connectivity index (χ1v) is 6.78. The number of thiophene rings is 1. The standard InChI is InChI=1S/C12H14N2O4S/c15-10(8-9-2-1-7-19-9)13-3-5-14(6-4-13)11(16)12(17)18/h1-2,7H,3-6,8H2,(H,17,18). The second-order valence-corrected chi connectivity index (χ2v) is 5.27. The van der Waals surface area contributed by atoms with Gasteiger partial charge in [-0.2, -0.15) is 0 Å². The van der Waals surface area contributed by atoms with E-state index in [4.69, 9.17) is 5.11 Å². The molecule has 2 rings (SSSR count). The molecule has 19 heavy (non-hydrogen) atoms. The number of hydrogen-bond acceptors (Lipinski definition) is 4. The van der Waals surface area contributed by atoms with E-state index in [0.29, 0.717) is 19.5 Å². The number of carboxylic acid groups (broad SMARTS) is 1. The minimum absolute atomic E-state index is 0.0184. The molecule has 2 heterocycles. The SMILES string of the molecule is O=C(O)C(=O)N1CCN(C(=O)Cc2cccs2)CC1. The Morgan fingerprint density at radius 3 is 2.32 bits per heavy atom. The van der Waals surface area contributed by atoms with Crippen LogP contribution in [0.2, 0.25) is 0 Å². The molecule has 0 bridgehead atoms. The van der Waals surface area contributed by atoms with Crippen molar-refractivity contribution in [3.63, 3.8) is 0 Å². The quantitative estimate of drug-likeness (QED) is 0.777. The molecule has 102 valence electrons. The van der Waals surface area contributed by atoms with Gasteiger partial charge in [0, 0.05) is 31.1 Å². The number of piperazine rings is 1. The van der Waals surface area contributed by atoms with Crippen molar-refractivity contribution in [2.75, 3.05) is 26.2 Å². The summed E-state index contributed by atoms with van der Waals surface area (Å²) >= 11 is 1.53. The van der Waals surface area contributed by atoms with E-state index in [2.05, 4.69) is 0 Å². The van der Waals surface area contributed by atoms with Crippen molar-refractivity contribution in [3.05, 3.63) is 22.4 Å². The predicted molar refractivity (Wildman–Crippen MR) is 68.8 cm³/mol. The number of carbonyl (C=O) groups is 3. The third kappa shape index (κ3) is 3.31. The van der Waals surface area contributed by atoms with Crippen molar-refractivity contribution in [3.8, 4) is 0 Å². The summed E-state index contributed by atoms with van der Waals surface area (Å²) in [7, 11) is 0. The van der Waals surface area contributed by atoms with Gasteiger partial charge >= 0.3 is 11.9 Å². The van der Waals surface area contributed by atoms with Gasteiger partial charge in [0.05, 0.1) is 6.42 Å². The summed E-state index contributed by atoms with van der Waals surface area (Å²) in [6, 6.07) is 3.81. The zero-order valence-corrected chi connectivity index (χ0v) is 11.1. The molecule has 1 aliphatic rings. The van der Waals surface area contributed by atoms with Gasteiger partial charge in [0.1, 0.15) is 0 Å². The highest BCUT2D eigenvalue weighted by molar-refractivity contribution is 7.10. The lowest BCUT2D eigenvalue weighted by Gasteiger charge is -2.33. The van der Waals surface area contributed by atoms with Crippen molar-refractivity contribution in [2.45, 2.75) is 6.42 Å². The van der Waals surface area contributed by atoms with Crippen LogP contribution in [0.5, 0.6) is 0 Å². The van der Waals surface area contributed by atoms with Crippen LogP contribution in [-0.4, -0.2) is 58.9 Å². The van der Waals surface area contributed by atoms with Crippen molar-refractivity contribution in [1.29, 1.82) is 0 Å². The van der Waals surface area contributed by atoms with Crippen LogP contribution in [0.25, 0.3) is 0 Å². The Kier molecular flexibility index (Phi) is 4.16. The van der Waals surface area contributed by atoms with Crippen LogP contribution in [0.1, 0.15) is 4.88 Å². The molecule has 1 fully saturated rings. The third-order valence-corrected chi connectivity index (χ3v) is 3.88. The number of aliphatic carboxylic acids is 1. The zero-order chi connectivity index (χ0) is 13.8. The van der Waals surface area contributed by atoms with E-state index in [-0.39, 0.29) is 19.0 Å². The first kappa shape index (κ1) is 13.5. The highest BCUT2D eigenvalue weighted by atomic mass is 32.1. The smallest absolute Gasteiger partial charge is 0.394 e. The molecule has 1 N–H and O–H groups in total. The summed E-state index contributed by atoms with van der Waals surface area (Å²) in [6.45, 7) is 1.34. The highest BCUT2D eigenvalue weighted by Crippen LogP contribution is 2.12. The molecular formula is C12H14N2O4S. The Morgan fingerprint density at radius 2 is 1.79 bits per heavy atom. The van der Waals surface area contributed by atoms with E-state index < -0.39 is 11.9 Å². The molecule has 6 nitrogen and oxygen atoms in total. The van der Waals surface area contributed by atoms with Crippen LogP contribution in [0.15, 0.2) is 17.5 Å². The molecule has 1 aromatic rings. The maximum atomic E-state index is 12.0. The largest absolute Gasteiger partial charge is 0.474 e. The van der Waals surface area contributed by atoms with Gasteiger partial charge in [0.2, 0.25) is 5.91 Å². The summed E-state index contributed by atoms with van der Waals surface area (Å²) in [5, 5.41) is 10.5. The number of rotatable bonds is 2. The zero-order valence-electron chi connectivity index (χ0n) is 10.2. The van der Waals surface area contributed by atoms with Crippen LogP contribution in [0.4, 0.5) is 0 Å². The van der Waals surface area contributed by atoms with Crippen LogP contribution < -0.4 is 0 Å². The van der Waals surface area contributed by atoms with E-state index in [0.717, 1.165) is 4.88 Å². The number of nitrogens with zero attached hydrogens (tertiary/aromatic N) is 2. The Hall–Kier alpha value is -1.89. The fraction of sp³-hybridized carbons (Fsp3) is 0.417. The molecule has 1 aliphatic heterocycles. The van der Waals surface area contributed by atoms with Gasteiger partial charge < -0.3 is 14.9 Å². The van der Waals surface area contributed by atoms with Gasteiger partial charge in [-0.05, 0) is 11.4 Å². The molecule has 2 amide bonds. The van der Waals surface area contributed by atoms with Crippen molar-refractivity contribution < 1.29 is 19.5 Å². The molecule has 0 unspecified atom stereocenters. The summed E-state index contributed by atoms with van der Waals surface area (Å²) in [4.78, 5) is 37.7. The molecule has 1 aromatic heterocycles. The number of amides is 2. The molecule has 0 aliphatic carbocycles. The summed E-state index contributed by atoms with van der Waals surface area (Å²) in [6.07, 6.45) is 0.366. The van der Waals surface area contributed by atoms with Crippen LogP contribution in [0, 0.1) is 0 Å². The second kappa shape index (κ2) is 5.83. The summed E-state index contributed by atoms with van der Waals surface area (Å²) in [5.74, 6) is -2.33. The summed E-state index contributed by atoms with van der Waals surface area (Å²) in [5.41, 5.74) is 0. The fourth-order valence-electron chi connectivity index (χ4n) is 1.97. The molecule has 0 saturated carbocycles. The Bertz CT molecular complexity index is 478. The Balaban J connectivity index is 1.84. The minimum Gasteiger partial charge on any atom is -0.474 e. The number of hydrogen-bond donors (Lipinski definition) is 1. The average Bonchev–Trinajstić information content (AvgIpc) is 2.90. The number of carbonyl (C=O) groups excluding carboxylic acids is 2. The molecular weight excluding hydrogens is 268 g/mol. The topological polar surface area (TPSA) is 77.9 Å². The lowest BCUT2D eigenvalue weighted by Crippen LogP contribution is -2.52. The van der Waals surface area contributed by atoms with Gasteiger partial charge in [-0.25, -0.2) is 4.79 Å². The van der Waals surface area contributed by atoms with Gasteiger partial charge in [0.15, 0.2) is 0 Å². The van der Waals surface area contributed by atoms with Crippen LogP contribution in [-0.2, 0) is 20.8 Å². The molecule has 0 aromatic carbocycles. The average molecular weight is 282 g/mol. The predicted octanol–water partition coefficient (Wildman–Crippen LogP) is 0.0460. The lowest BCUT2D eigenvalue weighted by atomic mass is 10.2. The Morgan fingerprint density at radius 1 is 1.16 bits per heavy atom. The molecule has 7 heteroatoms. The minimum atomic E-state index is -1.45. The Labute approximate surface area is 114 Å². The van der Waals surface area contributed by atoms with Gasteiger partial charge in [-0.3, -0.25) is 9.59 Å². The molecule has 0 atom stereocenters. The van der Waals surface area contributed by atoms with E-state index in [1.54, 1.807) is 4.90 Å². The summed E-state index contributed by atoms with van der Waals surface area (Å²) < 4.78 is 0. The van der Waals surface area contributed by atoms with Crippen molar-refractivity contribution in [2.24, 2.45) is 0 Å². The monoisotopic (exact) mass is 282 g/mol.